The smallest absolute Gasteiger partial charge is 0.220 e. The van der Waals surface area contributed by atoms with Gasteiger partial charge in [0.15, 0.2) is 0 Å². The van der Waals surface area contributed by atoms with Crippen molar-refractivity contribution in [2.75, 3.05) is 46.4 Å². The average Bonchev–Trinajstić information content (AvgIpc) is 2.83. The third-order valence-corrected chi connectivity index (χ3v) is 6.13. The van der Waals surface area contributed by atoms with E-state index in [4.69, 9.17) is 4.74 Å². The van der Waals surface area contributed by atoms with Crippen LogP contribution in [-0.4, -0.2) is 62.1 Å². The van der Waals surface area contributed by atoms with Gasteiger partial charge in [0.1, 0.15) is 5.75 Å². The van der Waals surface area contributed by atoms with Crippen molar-refractivity contribution in [2.45, 2.75) is 18.9 Å². The molecule has 0 radical (unpaired) electrons. The third kappa shape index (κ3) is 6.09. The van der Waals surface area contributed by atoms with Gasteiger partial charge < -0.3 is 15.0 Å². The molecule has 1 aliphatic heterocycles. The summed E-state index contributed by atoms with van der Waals surface area (Å²) in [4.78, 5) is 17.5. The minimum Gasteiger partial charge on any atom is -0.493 e. The highest BCUT2D eigenvalue weighted by Gasteiger charge is 2.21. The Labute approximate surface area is 191 Å². The Bertz CT molecular complexity index is 995. The number of carbonyl (C=O) groups excluding carboxylic acids is 1. The van der Waals surface area contributed by atoms with E-state index in [1.54, 1.807) is 0 Å². The molecule has 1 saturated heterocycles. The number of nitrogens with one attached hydrogen (secondary N) is 1. The van der Waals surface area contributed by atoms with Crippen molar-refractivity contribution >= 4 is 16.7 Å². The zero-order chi connectivity index (χ0) is 22.2. The van der Waals surface area contributed by atoms with Gasteiger partial charge in [-0.2, -0.15) is 0 Å². The van der Waals surface area contributed by atoms with Gasteiger partial charge in [0.05, 0.1) is 12.6 Å². The molecule has 1 fully saturated rings. The van der Waals surface area contributed by atoms with Gasteiger partial charge in [-0.1, -0.05) is 66.7 Å². The van der Waals surface area contributed by atoms with Gasteiger partial charge in [0.25, 0.3) is 0 Å². The first kappa shape index (κ1) is 22.3. The van der Waals surface area contributed by atoms with Crippen LogP contribution in [0.15, 0.2) is 72.8 Å². The molecule has 3 aromatic rings. The van der Waals surface area contributed by atoms with E-state index in [1.807, 2.05) is 42.5 Å². The van der Waals surface area contributed by atoms with Crippen LogP contribution in [0.5, 0.6) is 5.75 Å². The van der Waals surface area contributed by atoms with Gasteiger partial charge in [0, 0.05) is 44.5 Å². The molecule has 32 heavy (non-hydrogen) atoms. The molecule has 0 bridgehead atoms. The summed E-state index contributed by atoms with van der Waals surface area (Å²) >= 11 is 0. The third-order valence-electron chi connectivity index (χ3n) is 6.13. The van der Waals surface area contributed by atoms with Crippen LogP contribution in [-0.2, 0) is 4.79 Å². The number of nitrogens with zero attached hydrogens (tertiary/aromatic N) is 2. The molecule has 1 unspecified atom stereocenters. The van der Waals surface area contributed by atoms with Crippen LogP contribution in [0.4, 0.5) is 0 Å². The molecule has 1 amide bonds. The lowest BCUT2D eigenvalue weighted by atomic mass is 10.1. The fourth-order valence-corrected chi connectivity index (χ4v) is 4.21. The maximum atomic E-state index is 12.8. The van der Waals surface area contributed by atoms with Crippen LogP contribution >= 0.6 is 0 Å². The number of amides is 1. The number of benzene rings is 3. The number of piperazine rings is 1. The summed E-state index contributed by atoms with van der Waals surface area (Å²) in [7, 11) is 2.16. The SMILES string of the molecule is CN1CCN(CC(NC(=O)CCCOc2cccc3ccccc23)c2ccccc2)CC1. The lowest BCUT2D eigenvalue weighted by molar-refractivity contribution is -0.122. The number of fused-ring (bicyclic) bond motifs is 1. The maximum Gasteiger partial charge on any atom is 0.220 e. The standard InChI is InChI=1S/C27H33N3O2/c1-29-16-18-30(19-17-29)21-25(23-10-3-2-4-11-23)28-27(31)15-8-20-32-26-14-7-12-22-9-5-6-13-24(22)26/h2-7,9-14,25H,8,15-21H2,1H3,(H,28,31). The number of carbonyl (C=O) groups is 1. The van der Waals surface area contributed by atoms with Crippen molar-refractivity contribution in [1.29, 1.82) is 0 Å². The first-order valence-electron chi connectivity index (χ1n) is 11.5. The van der Waals surface area contributed by atoms with Crippen LogP contribution < -0.4 is 10.1 Å². The molecule has 0 aromatic heterocycles. The minimum absolute atomic E-state index is 0.00564. The molecule has 3 aromatic carbocycles. The Hall–Kier alpha value is -2.89. The number of likely N-dealkylation sites (N-methyl/N-ethyl adjacent to an activating group) is 1. The summed E-state index contributed by atoms with van der Waals surface area (Å²) < 4.78 is 6.00. The normalized spacial score (nSPS) is 16.0. The molecule has 1 atom stereocenters. The summed E-state index contributed by atoms with van der Waals surface area (Å²) in [6.07, 6.45) is 1.14. The summed E-state index contributed by atoms with van der Waals surface area (Å²) in [5, 5.41) is 5.54. The van der Waals surface area contributed by atoms with Gasteiger partial charge >= 0.3 is 0 Å². The predicted molar refractivity (Wildman–Crippen MR) is 130 cm³/mol. The number of hydrogen-bond donors (Lipinski definition) is 1. The van der Waals surface area contributed by atoms with Crippen LogP contribution in [0.2, 0.25) is 0 Å². The summed E-state index contributed by atoms with van der Waals surface area (Å²) in [5.74, 6) is 0.954. The minimum atomic E-state index is 0.00564. The second kappa shape index (κ2) is 11.1. The first-order valence-corrected chi connectivity index (χ1v) is 11.5. The van der Waals surface area contributed by atoms with Gasteiger partial charge in [0.2, 0.25) is 5.91 Å². The lowest BCUT2D eigenvalue weighted by Crippen LogP contribution is -2.47. The van der Waals surface area contributed by atoms with Crippen molar-refractivity contribution in [1.82, 2.24) is 15.1 Å². The molecule has 5 nitrogen and oxygen atoms in total. The zero-order valence-corrected chi connectivity index (χ0v) is 18.9. The molecule has 0 aliphatic carbocycles. The summed E-state index contributed by atoms with van der Waals surface area (Å²) in [6, 6.07) is 24.6. The van der Waals surface area contributed by atoms with Gasteiger partial charge in [-0.05, 0) is 30.5 Å². The highest BCUT2D eigenvalue weighted by Crippen LogP contribution is 2.25. The quantitative estimate of drug-likeness (QED) is 0.518. The highest BCUT2D eigenvalue weighted by atomic mass is 16.5. The van der Waals surface area contributed by atoms with Crippen LogP contribution in [0.3, 0.4) is 0 Å². The van der Waals surface area contributed by atoms with Crippen LogP contribution in [0.1, 0.15) is 24.4 Å². The Morgan fingerprint density at radius 3 is 2.47 bits per heavy atom. The van der Waals surface area contributed by atoms with E-state index in [-0.39, 0.29) is 11.9 Å². The fraction of sp³-hybridized carbons (Fsp3) is 0.370. The molecule has 5 heteroatoms. The topological polar surface area (TPSA) is 44.8 Å². The van der Waals surface area contributed by atoms with Gasteiger partial charge in [-0.15, -0.1) is 0 Å². The highest BCUT2D eigenvalue weighted by molar-refractivity contribution is 5.88. The monoisotopic (exact) mass is 431 g/mol. The first-order chi connectivity index (χ1) is 15.7. The molecule has 1 aliphatic rings. The van der Waals surface area contributed by atoms with Crippen molar-refractivity contribution in [2.24, 2.45) is 0 Å². The Morgan fingerprint density at radius 2 is 1.66 bits per heavy atom. The largest absolute Gasteiger partial charge is 0.493 e. The Kier molecular flexibility index (Phi) is 7.75. The van der Waals surface area contributed by atoms with E-state index in [9.17, 15) is 4.79 Å². The number of rotatable bonds is 9. The zero-order valence-electron chi connectivity index (χ0n) is 18.9. The van der Waals surface area contributed by atoms with E-state index in [2.05, 4.69) is 52.5 Å². The summed E-state index contributed by atoms with van der Waals surface area (Å²) in [5.41, 5.74) is 1.16. The Morgan fingerprint density at radius 1 is 0.938 bits per heavy atom. The molecular weight excluding hydrogens is 398 g/mol. The molecular formula is C27H33N3O2. The predicted octanol–water partition coefficient (Wildman–Crippen LogP) is 4.10. The second-order valence-electron chi connectivity index (χ2n) is 8.56. The average molecular weight is 432 g/mol. The second-order valence-corrected chi connectivity index (χ2v) is 8.56. The maximum absolute atomic E-state index is 12.8. The lowest BCUT2D eigenvalue weighted by Gasteiger charge is -2.35. The van der Waals surface area contributed by atoms with E-state index in [0.29, 0.717) is 19.4 Å². The van der Waals surface area contributed by atoms with Crippen LogP contribution in [0, 0.1) is 0 Å². The molecule has 0 spiro atoms. The van der Waals surface area contributed by atoms with Gasteiger partial charge in [-0.3, -0.25) is 9.69 Å². The van der Waals surface area contributed by atoms with Crippen molar-refractivity contribution in [3.05, 3.63) is 78.4 Å². The van der Waals surface area contributed by atoms with E-state index < -0.39 is 0 Å². The van der Waals surface area contributed by atoms with E-state index in [1.165, 1.54) is 0 Å². The van der Waals surface area contributed by atoms with E-state index in [0.717, 1.165) is 54.8 Å². The van der Waals surface area contributed by atoms with Crippen molar-refractivity contribution in [3.8, 4) is 5.75 Å². The molecule has 1 N–H and O–H groups in total. The fourth-order valence-electron chi connectivity index (χ4n) is 4.21. The van der Waals surface area contributed by atoms with Crippen molar-refractivity contribution in [3.63, 3.8) is 0 Å². The Balaban J connectivity index is 1.29. The number of ether oxygens (including phenoxy) is 1. The van der Waals surface area contributed by atoms with Crippen LogP contribution in [0.25, 0.3) is 10.8 Å². The van der Waals surface area contributed by atoms with Gasteiger partial charge in [-0.25, -0.2) is 0 Å². The molecule has 168 valence electrons. The summed E-state index contributed by atoms with van der Waals surface area (Å²) in [6.45, 7) is 5.58. The molecule has 1 heterocycles. The van der Waals surface area contributed by atoms with Crippen molar-refractivity contribution < 1.29 is 9.53 Å². The number of hydrogen-bond acceptors (Lipinski definition) is 4. The molecule has 4 rings (SSSR count). The molecule has 0 saturated carbocycles. The van der Waals surface area contributed by atoms with E-state index >= 15 is 0 Å².